The van der Waals surface area contributed by atoms with Gasteiger partial charge in [0.1, 0.15) is 5.41 Å². The van der Waals surface area contributed by atoms with Crippen LogP contribution in [0.25, 0.3) is 0 Å². The van der Waals surface area contributed by atoms with Crippen molar-refractivity contribution in [3.63, 3.8) is 0 Å². The lowest BCUT2D eigenvalue weighted by Gasteiger charge is -2.23. The lowest BCUT2D eigenvalue weighted by atomic mass is 10.0. The van der Waals surface area contributed by atoms with Crippen molar-refractivity contribution < 1.29 is 9.59 Å². The predicted octanol–water partition coefficient (Wildman–Crippen LogP) is 3.63. The number of hydrogen-bond acceptors (Lipinski definition) is 2. The summed E-state index contributed by atoms with van der Waals surface area (Å²) < 4.78 is 0. The minimum absolute atomic E-state index is 0.0648. The van der Waals surface area contributed by atoms with Gasteiger partial charge in [-0.3, -0.25) is 9.59 Å². The van der Waals surface area contributed by atoms with Crippen LogP contribution in [0, 0.1) is 12.3 Å². The number of unbranched alkanes of at least 4 members (excludes halogenated alkanes) is 1. The number of nitrogens with zero attached hydrogens (tertiary/aromatic N) is 1. The first-order valence-electron chi connectivity index (χ1n) is 7.74. The molecule has 0 saturated heterocycles. The van der Waals surface area contributed by atoms with Crippen LogP contribution in [0.2, 0.25) is 5.02 Å². The number of hydrogen-bond donors (Lipinski definition) is 1. The summed E-state index contributed by atoms with van der Waals surface area (Å²) in [6.07, 6.45) is 3.23. The van der Waals surface area contributed by atoms with Gasteiger partial charge in [-0.05, 0) is 49.9 Å². The Morgan fingerprint density at radius 3 is 2.59 bits per heavy atom. The Morgan fingerprint density at radius 2 is 2.05 bits per heavy atom. The molecule has 1 aromatic rings. The summed E-state index contributed by atoms with van der Waals surface area (Å²) in [5.41, 5.74) is 0.738. The van der Waals surface area contributed by atoms with Crippen LogP contribution in [0.5, 0.6) is 0 Å². The molecule has 1 aliphatic rings. The standard InChI is InChI=1S/C17H23ClN2O2/c1-4-5-10-20(3)16(22)17(8-9-17)15(21)19-14-7-6-13(18)11-12(14)2/h6-7,11H,4-5,8-10H2,1-3H3,(H,19,21). The van der Waals surface area contributed by atoms with Gasteiger partial charge in [0.05, 0.1) is 0 Å². The van der Waals surface area contributed by atoms with E-state index in [1.165, 1.54) is 0 Å². The Hall–Kier alpha value is -1.55. The van der Waals surface area contributed by atoms with E-state index in [9.17, 15) is 9.59 Å². The second-order valence-electron chi connectivity index (χ2n) is 6.08. The van der Waals surface area contributed by atoms with Gasteiger partial charge in [-0.2, -0.15) is 0 Å². The summed E-state index contributed by atoms with van der Waals surface area (Å²) in [7, 11) is 1.78. The number of anilines is 1. The molecule has 2 rings (SSSR count). The predicted molar refractivity (Wildman–Crippen MR) is 89.0 cm³/mol. The molecule has 1 aliphatic carbocycles. The van der Waals surface area contributed by atoms with Crippen molar-refractivity contribution in [2.24, 2.45) is 5.41 Å². The monoisotopic (exact) mass is 322 g/mol. The highest BCUT2D eigenvalue weighted by Gasteiger charge is 2.57. The van der Waals surface area contributed by atoms with Gasteiger partial charge >= 0.3 is 0 Å². The van der Waals surface area contributed by atoms with Crippen LogP contribution in [0.15, 0.2) is 18.2 Å². The highest BCUT2D eigenvalue weighted by atomic mass is 35.5. The second kappa shape index (κ2) is 6.69. The number of benzene rings is 1. The molecule has 0 atom stereocenters. The number of aryl methyl sites for hydroxylation is 1. The smallest absolute Gasteiger partial charge is 0.240 e. The molecule has 0 unspecified atom stereocenters. The molecular formula is C17H23ClN2O2. The Morgan fingerprint density at radius 1 is 1.36 bits per heavy atom. The lowest BCUT2D eigenvalue weighted by Crippen LogP contribution is -2.41. The first-order valence-corrected chi connectivity index (χ1v) is 8.11. The van der Waals surface area contributed by atoms with Crippen molar-refractivity contribution in [2.75, 3.05) is 18.9 Å². The summed E-state index contributed by atoms with van der Waals surface area (Å²) in [5.74, 6) is -0.267. The zero-order valence-corrected chi connectivity index (χ0v) is 14.2. The van der Waals surface area contributed by atoms with Gasteiger partial charge in [0.2, 0.25) is 11.8 Å². The molecule has 1 fully saturated rings. The minimum atomic E-state index is -0.867. The van der Waals surface area contributed by atoms with Gasteiger partial charge in [-0.25, -0.2) is 0 Å². The molecular weight excluding hydrogens is 300 g/mol. The van der Waals surface area contributed by atoms with Crippen LogP contribution in [0.1, 0.15) is 38.2 Å². The maximum Gasteiger partial charge on any atom is 0.240 e. The van der Waals surface area contributed by atoms with E-state index < -0.39 is 5.41 Å². The molecule has 4 nitrogen and oxygen atoms in total. The van der Waals surface area contributed by atoms with E-state index in [1.54, 1.807) is 30.1 Å². The van der Waals surface area contributed by atoms with Crippen molar-refractivity contribution in [1.29, 1.82) is 0 Å². The van der Waals surface area contributed by atoms with E-state index >= 15 is 0 Å². The maximum absolute atomic E-state index is 12.6. The summed E-state index contributed by atoms with van der Waals surface area (Å²) in [6.45, 7) is 4.67. The van der Waals surface area contributed by atoms with E-state index in [0.29, 0.717) is 30.1 Å². The fourth-order valence-electron chi connectivity index (χ4n) is 2.53. The summed E-state index contributed by atoms with van der Waals surface area (Å²) in [6, 6.07) is 5.31. The molecule has 0 heterocycles. The van der Waals surface area contributed by atoms with Gasteiger partial charge in [-0.1, -0.05) is 24.9 Å². The highest BCUT2D eigenvalue weighted by molar-refractivity contribution is 6.30. The van der Waals surface area contributed by atoms with Crippen molar-refractivity contribution in [3.8, 4) is 0 Å². The third-order valence-corrected chi connectivity index (χ3v) is 4.46. The van der Waals surface area contributed by atoms with Crippen molar-refractivity contribution in [3.05, 3.63) is 28.8 Å². The van der Waals surface area contributed by atoms with Crippen LogP contribution in [-0.2, 0) is 9.59 Å². The topological polar surface area (TPSA) is 49.4 Å². The third-order valence-electron chi connectivity index (χ3n) is 4.22. The Labute approximate surface area is 136 Å². The minimum Gasteiger partial charge on any atom is -0.345 e. The van der Waals surface area contributed by atoms with Gasteiger partial charge in [0.25, 0.3) is 0 Å². The quantitative estimate of drug-likeness (QED) is 0.813. The molecule has 0 aromatic heterocycles. The molecule has 2 amide bonds. The zero-order chi connectivity index (χ0) is 16.3. The summed E-state index contributed by atoms with van der Waals surface area (Å²) >= 11 is 5.92. The number of nitrogens with one attached hydrogen (secondary N) is 1. The Balaban J connectivity index is 2.06. The van der Waals surface area contributed by atoms with Gasteiger partial charge in [0.15, 0.2) is 0 Å². The van der Waals surface area contributed by atoms with E-state index in [1.807, 2.05) is 6.92 Å². The molecule has 0 bridgehead atoms. The SMILES string of the molecule is CCCCN(C)C(=O)C1(C(=O)Nc2ccc(Cl)cc2C)CC1. The molecule has 0 aliphatic heterocycles. The highest BCUT2D eigenvalue weighted by Crippen LogP contribution is 2.48. The van der Waals surface area contributed by atoms with E-state index in [-0.39, 0.29) is 11.8 Å². The van der Waals surface area contributed by atoms with E-state index in [0.717, 1.165) is 18.4 Å². The van der Waals surface area contributed by atoms with Gasteiger partial charge in [-0.15, -0.1) is 0 Å². The number of halogens is 1. The number of carbonyl (C=O) groups excluding carboxylic acids is 2. The van der Waals surface area contributed by atoms with E-state index in [2.05, 4.69) is 12.2 Å². The average Bonchev–Trinajstić information content (AvgIpc) is 3.28. The molecule has 0 spiro atoms. The lowest BCUT2D eigenvalue weighted by molar-refractivity contribution is -0.141. The van der Waals surface area contributed by atoms with Crippen LogP contribution >= 0.6 is 11.6 Å². The number of amides is 2. The van der Waals surface area contributed by atoms with Crippen molar-refractivity contribution in [1.82, 2.24) is 4.90 Å². The molecule has 22 heavy (non-hydrogen) atoms. The first kappa shape index (κ1) is 16.8. The summed E-state index contributed by atoms with van der Waals surface area (Å²) in [4.78, 5) is 26.8. The first-order chi connectivity index (χ1) is 10.4. The second-order valence-corrected chi connectivity index (χ2v) is 6.51. The molecule has 5 heteroatoms. The third kappa shape index (κ3) is 3.43. The van der Waals surface area contributed by atoms with Gasteiger partial charge < -0.3 is 10.2 Å². The van der Waals surface area contributed by atoms with Crippen LogP contribution in [0.3, 0.4) is 0 Å². The molecule has 120 valence electrons. The summed E-state index contributed by atoms with van der Waals surface area (Å²) in [5, 5.41) is 3.52. The number of carbonyl (C=O) groups is 2. The van der Waals surface area contributed by atoms with Crippen LogP contribution in [-0.4, -0.2) is 30.3 Å². The van der Waals surface area contributed by atoms with Gasteiger partial charge in [0, 0.05) is 24.3 Å². The normalized spacial score (nSPS) is 15.3. The molecule has 0 radical (unpaired) electrons. The average molecular weight is 323 g/mol. The largest absolute Gasteiger partial charge is 0.345 e. The number of rotatable bonds is 6. The van der Waals surface area contributed by atoms with Crippen molar-refractivity contribution in [2.45, 2.75) is 39.5 Å². The molecule has 1 N–H and O–H groups in total. The van der Waals surface area contributed by atoms with Crippen LogP contribution in [0.4, 0.5) is 5.69 Å². The van der Waals surface area contributed by atoms with Crippen LogP contribution < -0.4 is 5.32 Å². The zero-order valence-electron chi connectivity index (χ0n) is 13.4. The molecule has 1 saturated carbocycles. The Bertz CT molecular complexity index is 582. The Kier molecular flexibility index (Phi) is 5.12. The maximum atomic E-state index is 12.6. The fourth-order valence-corrected chi connectivity index (χ4v) is 2.76. The molecule has 1 aromatic carbocycles. The van der Waals surface area contributed by atoms with Crippen molar-refractivity contribution >= 4 is 29.1 Å². The fraction of sp³-hybridized carbons (Fsp3) is 0.529. The van der Waals surface area contributed by atoms with E-state index in [4.69, 9.17) is 11.6 Å².